The van der Waals surface area contributed by atoms with Gasteiger partial charge in [-0.25, -0.2) is 4.98 Å². The van der Waals surface area contributed by atoms with Crippen molar-refractivity contribution in [2.24, 2.45) is 0 Å². The van der Waals surface area contributed by atoms with Crippen LogP contribution in [0, 0.1) is 24.0 Å². The molecule has 0 atom stereocenters. The molecule has 1 aromatic heterocycles. The summed E-state index contributed by atoms with van der Waals surface area (Å²) in [6, 6.07) is 8.70. The van der Waals surface area contributed by atoms with Gasteiger partial charge in [0.15, 0.2) is 5.13 Å². The van der Waals surface area contributed by atoms with Crippen molar-refractivity contribution in [3.63, 3.8) is 0 Å². The molecule has 28 heavy (non-hydrogen) atoms. The number of hydrogen-bond acceptors (Lipinski definition) is 6. The second kappa shape index (κ2) is 7.20. The van der Waals surface area contributed by atoms with Crippen molar-refractivity contribution in [3.05, 3.63) is 57.1 Å². The minimum absolute atomic E-state index is 0.0365. The number of anilines is 2. The minimum Gasteiger partial charge on any atom is -0.366 e. The minimum atomic E-state index is -0.422. The van der Waals surface area contributed by atoms with E-state index in [0.29, 0.717) is 10.8 Å². The second-order valence-electron chi connectivity index (χ2n) is 7.00. The zero-order chi connectivity index (χ0) is 19.8. The Bertz CT molecular complexity index is 1050. The molecule has 1 N–H and O–H groups in total. The number of carbonyl (C=O) groups excluding carboxylic acids is 1. The van der Waals surface area contributed by atoms with Gasteiger partial charge in [-0.3, -0.25) is 20.2 Å². The first-order chi connectivity index (χ1) is 13.4. The third-order valence-electron chi connectivity index (χ3n) is 5.04. The number of nitro groups is 1. The van der Waals surface area contributed by atoms with Gasteiger partial charge in [-0.15, -0.1) is 0 Å². The predicted octanol–water partition coefficient (Wildman–Crippen LogP) is 4.67. The van der Waals surface area contributed by atoms with Gasteiger partial charge in [0.2, 0.25) is 0 Å². The van der Waals surface area contributed by atoms with E-state index in [1.807, 2.05) is 30.9 Å². The molecule has 7 nitrogen and oxygen atoms in total. The number of nitrogens with zero attached hydrogens (tertiary/aromatic N) is 3. The molecule has 0 bridgehead atoms. The molecule has 2 aromatic carbocycles. The number of fused-ring (bicyclic) bond motifs is 1. The van der Waals surface area contributed by atoms with E-state index in [2.05, 4.69) is 10.3 Å². The molecular formula is C20H20N4O3S. The van der Waals surface area contributed by atoms with Crippen LogP contribution in [0.3, 0.4) is 0 Å². The fraction of sp³-hybridized carbons (Fsp3) is 0.300. The molecule has 1 fully saturated rings. The summed E-state index contributed by atoms with van der Waals surface area (Å²) in [5.74, 6) is -0.398. The molecule has 0 aliphatic carbocycles. The maximum Gasteiger partial charge on any atom is 0.293 e. The van der Waals surface area contributed by atoms with Gasteiger partial charge in [0.05, 0.1) is 15.1 Å². The number of aryl methyl sites for hydroxylation is 2. The van der Waals surface area contributed by atoms with Crippen LogP contribution in [0.1, 0.15) is 34.3 Å². The van der Waals surface area contributed by atoms with Gasteiger partial charge < -0.3 is 4.90 Å². The van der Waals surface area contributed by atoms with Gasteiger partial charge >= 0.3 is 0 Å². The zero-order valence-electron chi connectivity index (χ0n) is 15.7. The Labute approximate surface area is 166 Å². The molecule has 4 rings (SSSR count). The number of hydrogen-bond donors (Lipinski definition) is 1. The van der Waals surface area contributed by atoms with Crippen LogP contribution in [0.5, 0.6) is 0 Å². The quantitative estimate of drug-likeness (QED) is 0.511. The highest BCUT2D eigenvalue weighted by Gasteiger charge is 2.24. The largest absolute Gasteiger partial charge is 0.366 e. The summed E-state index contributed by atoms with van der Waals surface area (Å²) in [6.45, 7) is 5.59. The summed E-state index contributed by atoms with van der Waals surface area (Å²) in [4.78, 5) is 30.3. The lowest BCUT2D eigenvalue weighted by Gasteiger charge is -2.17. The van der Waals surface area contributed by atoms with E-state index < -0.39 is 10.8 Å². The van der Waals surface area contributed by atoms with E-state index in [0.717, 1.165) is 47.3 Å². The summed E-state index contributed by atoms with van der Waals surface area (Å²) < 4.78 is 1.03. The number of aromatic nitrogens is 1. The highest BCUT2D eigenvalue weighted by atomic mass is 32.1. The number of carbonyl (C=O) groups is 1. The fourth-order valence-corrected chi connectivity index (χ4v) is 4.52. The van der Waals surface area contributed by atoms with Crippen LogP contribution in [0.25, 0.3) is 10.2 Å². The molecule has 1 aliphatic heterocycles. The normalized spacial score (nSPS) is 13.9. The topological polar surface area (TPSA) is 88.4 Å². The van der Waals surface area contributed by atoms with Crippen LogP contribution >= 0.6 is 11.3 Å². The molecule has 0 radical (unpaired) electrons. The predicted molar refractivity (Wildman–Crippen MR) is 112 cm³/mol. The van der Waals surface area contributed by atoms with E-state index in [4.69, 9.17) is 0 Å². The molecule has 0 saturated carbocycles. The zero-order valence-corrected chi connectivity index (χ0v) is 16.5. The Morgan fingerprint density at radius 3 is 2.57 bits per heavy atom. The standard InChI is InChI=1S/C20H20N4O3S/c1-12-5-6-13(2)18-17(12)21-20(28-18)22-19(25)14-7-8-15(16(11-14)24(26)27)23-9-3-4-10-23/h5-8,11H,3-4,9-10H2,1-2H3,(H,21,22,25). The van der Waals surface area contributed by atoms with Crippen LogP contribution < -0.4 is 10.2 Å². The molecule has 2 heterocycles. The van der Waals surface area contributed by atoms with Gasteiger partial charge in [-0.1, -0.05) is 23.5 Å². The second-order valence-corrected chi connectivity index (χ2v) is 8.00. The number of nitrogens with one attached hydrogen (secondary N) is 1. The fourth-order valence-electron chi connectivity index (χ4n) is 3.52. The molecule has 1 saturated heterocycles. The van der Waals surface area contributed by atoms with E-state index in [1.54, 1.807) is 12.1 Å². The summed E-state index contributed by atoms with van der Waals surface area (Å²) in [7, 11) is 0. The highest BCUT2D eigenvalue weighted by molar-refractivity contribution is 7.22. The molecule has 0 unspecified atom stereocenters. The van der Waals surface area contributed by atoms with Crippen LogP contribution in [-0.4, -0.2) is 28.9 Å². The van der Waals surface area contributed by atoms with Gasteiger partial charge in [-0.05, 0) is 49.9 Å². The smallest absolute Gasteiger partial charge is 0.293 e. The Morgan fingerprint density at radius 1 is 1.18 bits per heavy atom. The molecule has 8 heteroatoms. The Morgan fingerprint density at radius 2 is 1.89 bits per heavy atom. The van der Waals surface area contributed by atoms with Crippen LogP contribution in [-0.2, 0) is 0 Å². The van der Waals surface area contributed by atoms with Crippen molar-refractivity contribution in [2.75, 3.05) is 23.3 Å². The van der Waals surface area contributed by atoms with E-state index in [9.17, 15) is 14.9 Å². The monoisotopic (exact) mass is 396 g/mol. The molecule has 3 aromatic rings. The van der Waals surface area contributed by atoms with E-state index >= 15 is 0 Å². The lowest BCUT2D eigenvalue weighted by molar-refractivity contribution is -0.384. The number of rotatable bonds is 4. The van der Waals surface area contributed by atoms with E-state index in [1.165, 1.54) is 17.4 Å². The van der Waals surface area contributed by atoms with Crippen molar-refractivity contribution < 1.29 is 9.72 Å². The van der Waals surface area contributed by atoms with Gasteiger partial charge in [0.25, 0.3) is 11.6 Å². The number of amides is 1. The van der Waals surface area contributed by atoms with Crippen molar-refractivity contribution >= 4 is 44.0 Å². The third kappa shape index (κ3) is 3.31. The van der Waals surface area contributed by atoms with Crippen LogP contribution in [0.15, 0.2) is 30.3 Å². The Kier molecular flexibility index (Phi) is 4.72. The van der Waals surface area contributed by atoms with Crippen molar-refractivity contribution in [2.45, 2.75) is 26.7 Å². The number of nitro benzene ring substituents is 1. The number of benzene rings is 2. The lowest BCUT2D eigenvalue weighted by atomic mass is 10.1. The lowest BCUT2D eigenvalue weighted by Crippen LogP contribution is -2.19. The maximum absolute atomic E-state index is 12.7. The Balaban J connectivity index is 1.63. The van der Waals surface area contributed by atoms with Gasteiger partial charge in [-0.2, -0.15) is 0 Å². The molecular weight excluding hydrogens is 376 g/mol. The van der Waals surface area contributed by atoms with E-state index in [-0.39, 0.29) is 11.3 Å². The van der Waals surface area contributed by atoms with Gasteiger partial charge in [0.1, 0.15) is 5.69 Å². The average Bonchev–Trinajstić information content (AvgIpc) is 3.34. The maximum atomic E-state index is 12.7. The van der Waals surface area contributed by atoms with Crippen molar-refractivity contribution in [1.82, 2.24) is 4.98 Å². The van der Waals surface area contributed by atoms with Crippen molar-refractivity contribution in [1.29, 1.82) is 0 Å². The van der Waals surface area contributed by atoms with Crippen molar-refractivity contribution in [3.8, 4) is 0 Å². The summed E-state index contributed by atoms with van der Waals surface area (Å²) in [6.07, 6.45) is 2.05. The number of thiazole rings is 1. The Hall–Kier alpha value is -3.00. The SMILES string of the molecule is Cc1ccc(C)c2sc(NC(=O)c3ccc(N4CCCC4)c([N+](=O)[O-])c3)nc12. The molecule has 1 aliphatic rings. The van der Waals surface area contributed by atoms with Gasteiger partial charge in [0, 0.05) is 24.7 Å². The summed E-state index contributed by atoms with van der Waals surface area (Å²) in [5, 5.41) is 14.8. The first-order valence-electron chi connectivity index (χ1n) is 9.15. The highest BCUT2D eigenvalue weighted by Crippen LogP contribution is 2.33. The summed E-state index contributed by atoms with van der Waals surface area (Å²) in [5.41, 5.74) is 3.81. The first-order valence-corrected chi connectivity index (χ1v) is 9.97. The first kappa shape index (κ1) is 18.4. The van der Waals surface area contributed by atoms with Crippen LogP contribution in [0.2, 0.25) is 0 Å². The summed E-state index contributed by atoms with van der Waals surface area (Å²) >= 11 is 1.41. The third-order valence-corrected chi connectivity index (χ3v) is 6.15. The molecule has 144 valence electrons. The molecule has 1 amide bonds. The average molecular weight is 396 g/mol. The molecule has 0 spiro atoms. The van der Waals surface area contributed by atoms with Crippen LogP contribution in [0.4, 0.5) is 16.5 Å².